The molecule has 1 heterocycles. The van der Waals surface area contributed by atoms with E-state index in [1.807, 2.05) is 11.8 Å². The van der Waals surface area contributed by atoms with Crippen LogP contribution in [0.5, 0.6) is 0 Å². The third kappa shape index (κ3) is 3.19. The largest absolute Gasteiger partial charge is 0.378 e. The second kappa shape index (κ2) is 5.50. The summed E-state index contributed by atoms with van der Waals surface area (Å²) in [6.07, 6.45) is 2.29. The highest BCUT2D eigenvalue weighted by molar-refractivity contribution is 7.81. The molecule has 0 aromatic heterocycles. The predicted octanol–water partition coefficient (Wildman–Crippen LogP) is 0.944. The van der Waals surface area contributed by atoms with Crippen molar-refractivity contribution in [2.45, 2.75) is 25.9 Å². The maximum absolute atomic E-state index is 11.2. The molecule has 1 rings (SSSR count). The van der Waals surface area contributed by atoms with Crippen LogP contribution in [0.25, 0.3) is 0 Å². The molecule has 1 amide bonds. The first kappa shape index (κ1) is 10.9. The Labute approximate surface area is 84.8 Å². The average molecular weight is 203 g/mol. The second-order valence-corrected chi connectivity index (χ2v) is 3.51. The number of piperidine rings is 1. The van der Waals surface area contributed by atoms with Gasteiger partial charge < -0.3 is 9.64 Å². The number of carbonyl (C=O) groups excluding carboxylic acids is 1. The fourth-order valence-electron chi connectivity index (χ4n) is 1.61. The van der Waals surface area contributed by atoms with Gasteiger partial charge in [-0.25, -0.2) is 0 Å². The summed E-state index contributed by atoms with van der Waals surface area (Å²) >= 11 is 3.97. The summed E-state index contributed by atoms with van der Waals surface area (Å²) < 4.78 is 5.49. The van der Waals surface area contributed by atoms with Gasteiger partial charge in [0.05, 0.1) is 11.9 Å². The number of ether oxygens (including phenoxy) is 1. The maximum Gasteiger partial charge on any atom is 0.232 e. The molecule has 4 heteroatoms. The molecule has 0 aromatic carbocycles. The Balaban J connectivity index is 2.26. The molecule has 3 nitrogen and oxygen atoms in total. The molecule has 13 heavy (non-hydrogen) atoms. The zero-order valence-electron chi connectivity index (χ0n) is 8.03. The lowest BCUT2D eigenvalue weighted by Crippen LogP contribution is -2.41. The summed E-state index contributed by atoms with van der Waals surface area (Å²) in [5, 5.41) is 0. The zero-order chi connectivity index (χ0) is 9.68. The standard InChI is InChI=1S/C9H17NO2S/c1-2-12-8-3-5-10(6-4-8)9(11)7-13/h8,13H,2-7H2,1H3. The van der Waals surface area contributed by atoms with E-state index in [0.717, 1.165) is 32.5 Å². The van der Waals surface area contributed by atoms with E-state index in [4.69, 9.17) is 4.74 Å². The van der Waals surface area contributed by atoms with Gasteiger partial charge in [0.25, 0.3) is 0 Å². The highest BCUT2D eigenvalue weighted by Gasteiger charge is 2.21. The van der Waals surface area contributed by atoms with Gasteiger partial charge >= 0.3 is 0 Å². The summed E-state index contributed by atoms with van der Waals surface area (Å²) in [6.45, 7) is 4.42. The molecule has 1 fully saturated rings. The normalized spacial score (nSPS) is 19.1. The summed E-state index contributed by atoms with van der Waals surface area (Å²) in [6, 6.07) is 0. The van der Waals surface area contributed by atoms with Crippen molar-refractivity contribution in [2.24, 2.45) is 0 Å². The van der Waals surface area contributed by atoms with Gasteiger partial charge in [-0.05, 0) is 19.8 Å². The molecule has 0 atom stereocenters. The van der Waals surface area contributed by atoms with Crippen LogP contribution in [0.2, 0.25) is 0 Å². The molecule has 0 N–H and O–H groups in total. The van der Waals surface area contributed by atoms with Crippen molar-refractivity contribution in [3.63, 3.8) is 0 Å². The van der Waals surface area contributed by atoms with Crippen LogP contribution in [0, 0.1) is 0 Å². The quantitative estimate of drug-likeness (QED) is 0.692. The van der Waals surface area contributed by atoms with Crippen LogP contribution < -0.4 is 0 Å². The minimum absolute atomic E-state index is 0.137. The van der Waals surface area contributed by atoms with E-state index in [-0.39, 0.29) is 5.91 Å². The molecular formula is C9H17NO2S. The van der Waals surface area contributed by atoms with Gasteiger partial charge in [-0.15, -0.1) is 0 Å². The summed E-state index contributed by atoms with van der Waals surface area (Å²) in [7, 11) is 0. The van der Waals surface area contributed by atoms with Gasteiger partial charge in [0.2, 0.25) is 5.91 Å². The summed E-state index contributed by atoms with van der Waals surface area (Å²) in [5.74, 6) is 0.456. The van der Waals surface area contributed by atoms with E-state index in [2.05, 4.69) is 12.6 Å². The first-order chi connectivity index (χ1) is 6.27. The lowest BCUT2D eigenvalue weighted by Gasteiger charge is -2.31. The summed E-state index contributed by atoms with van der Waals surface area (Å²) in [4.78, 5) is 13.1. The lowest BCUT2D eigenvalue weighted by molar-refractivity contribution is -0.130. The molecule has 1 aliphatic rings. The SMILES string of the molecule is CCOC1CCN(C(=O)CS)CC1. The zero-order valence-corrected chi connectivity index (χ0v) is 8.93. The molecule has 0 radical (unpaired) electrons. The van der Waals surface area contributed by atoms with Crippen LogP contribution >= 0.6 is 12.6 Å². The first-order valence-corrected chi connectivity index (χ1v) is 5.41. The number of amides is 1. The van der Waals surface area contributed by atoms with Gasteiger partial charge in [-0.3, -0.25) is 4.79 Å². The highest BCUT2D eigenvalue weighted by atomic mass is 32.1. The number of likely N-dealkylation sites (tertiary alicyclic amines) is 1. The van der Waals surface area contributed by atoms with E-state index in [1.165, 1.54) is 0 Å². The van der Waals surface area contributed by atoms with Crippen molar-refractivity contribution < 1.29 is 9.53 Å². The fourth-order valence-corrected chi connectivity index (χ4v) is 1.81. The van der Waals surface area contributed by atoms with Crippen molar-refractivity contribution in [1.29, 1.82) is 0 Å². The smallest absolute Gasteiger partial charge is 0.232 e. The molecule has 1 saturated heterocycles. The molecule has 0 saturated carbocycles. The average Bonchev–Trinajstić information content (AvgIpc) is 2.18. The van der Waals surface area contributed by atoms with Crippen LogP contribution in [-0.4, -0.2) is 42.4 Å². The Bertz CT molecular complexity index is 167. The Kier molecular flexibility index (Phi) is 4.59. The molecule has 0 aromatic rings. The third-order valence-electron chi connectivity index (χ3n) is 2.33. The van der Waals surface area contributed by atoms with Crippen molar-refractivity contribution >= 4 is 18.5 Å². The number of carbonyl (C=O) groups is 1. The Morgan fingerprint density at radius 1 is 1.54 bits per heavy atom. The summed E-state index contributed by atoms with van der Waals surface area (Å²) in [5.41, 5.74) is 0. The Morgan fingerprint density at radius 2 is 2.15 bits per heavy atom. The predicted molar refractivity (Wildman–Crippen MR) is 55.1 cm³/mol. The van der Waals surface area contributed by atoms with E-state index in [9.17, 15) is 4.79 Å². The minimum Gasteiger partial charge on any atom is -0.378 e. The van der Waals surface area contributed by atoms with Gasteiger partial charge in [-0.2, -0.15) is 12.6 Å². The molecule has 76 valence electrons. The third-order valence-corrected chi connectivity index (χ3v) is 2.60. The van der Waals surface area contributed by atoms with E-state index in [1.54, 1.807) is 0 Å². The van der Waals surface area contributed by atoms with Crippen LogP contribution in [0.15, 0.2) is 0 Å². The van der Waals surface area contributed by atoms with Crippen molar-refractivity contribution in [2.75, 3.05) is 25.4 Å². The number of rotatable bonds is 3. The Morgan fingerprint density at radius 3 is 2.62 bits per heavy atom. The van der Waals surface area contributed by atoms with Gasteiger partial charge in [0.15, 0.2) is 0 Å². The van der Waals surface area contributed by atoms with Gasteiger partial charge in [0, 0.05) is 19.7 Å². The number of hydrogen-bond acceptors (Lipinski definition) is 3. The monoisotopic (exact) mass is 203 g/mol. The van der Waals surface area contributed by atoms with Gasteiger partial charge in [-0.1, -0.05) is 0 Å². The van der Waals surface area contributed by atoms with Crippen molar-refractivity contribution in [1.82, 2.24) is 4.90 Å². The fraction of sp³-hybridized carbons (Fsp3) is 0.889. The number of hydrogen-bond donors (Lipinski definition) is 1. The van der Waals surface area contributed by atoms with E-state index < -0.39 is 0 Å². The number of nitrogens with zero attached hydrogens (tertiary/aromatic N) is 1. The van der Waals surface area contributed by atoms with E-state index in [0.29, 0.717) is 11.9 Å². The van der Waals surface area contributed by atoms with Crippen molar-refractivity contribution in [3.05, 3.63) is 0 Å². The molecule has 1 aliphatic heterocycles. The lowest BCUT2D eigenvalue weighted by atomic mass is 10.1. The molecule has 0 spiro atoms. The minimum atomic E-state index is 0.137. The van der Waals surface area contributed by atoms with Crippen LogP contribution in [0.4, 0.5) is 0 Å². The van der Waals surface area contributed by atoms with Crippen molar-refractivity contribution in [3.8, 4) is 0 Å². The number of thiol groups is 1. The highest BCUT2D eigenvalue weighted by Crippen LogP contribution is 2.13. The second-order valence-electron chi connectivity index (χ2n) is 3.19. The maximum atomic E-state index is 11.2. The first-order valence-electron chi connectivity index (χ1n) is 4.78. The van der Waals surface area contributed by atoms with Crippen LogP contribution in [-0.2, 0) is 9.53 Å². The van der Waals surface area contributed by atoms with Crippen LogP contribution in [0.3, 0.4) is 0 Å². The molecule has 0 bridgehead atoms. The molecule has 0 unspecified atom stereocenters. The molecule has 0 aliphatic carbocycles. The van der Waals surface area contributed by atoms with Crippen LogP contribution in [0.1, 0.15) is 19.8 Å². The van der Waals surface area contributed by atoms with Gasteiger partial charge in [0.1, 0.15) is 0 Å². The topological polar surface area (TPSA) is 29.5 Å². The Hall–Kier alpha value is -0.220. The molecular weight excluding hydrogens is 186 g/mol. The van der Waals surface area contributed by atoms with E-state index >= 15 is 0 Å².